The molecule has 7 nitrogen and oxygen atoms in total. The number of hydrogen-bond donors (Lipinski definition) is 2. The Bertz CT molecular complexity index is 1180. The van der Waals surface area contributed by atoms with Gasteiger partial charge in [-0.05, 0) is 62.3 Å². The van der Waals surface area contributed by atoms with Crippen LogP contribution in [0.25, 0.3) is 17.3 Å². The van der Waals surface area contributed by atoms with Crippen molar-refractivity contribution in [1.29, 1.82) is 0 Å². The van der Waals surface area contributed by atoms with Crippen LogP contribution in [0.2, 0.25) is 0 Å². The normalized spacial score (nSPS) is 16.8. The van der Waals surface area contributed by atoms with Gasteiger partial charge in [0, 0.05) is 30.5 Å². The summed E-state index contributed by atoms with van der Waals surface area (Å²) in [6.07, 6.45) is 10.6. The Morgan fingerprint density at radius 3 is 2.88 bits per heavy atom. The lowest BCUT2D eigenvalue weighted by atomic mass is 10.00. The molecule has 1 saturated heterocycles. The molecule has 0 saturated carbocycles. The number of likely N-dealkylation sites (tertiary alicyclic amines) is 1. The Morgan fingerprint density at radius 1 is 1.22 bits per heavy atom. The van der Waals surface area contributed by atoms with Crippen LogP contribution in [-0.2, 0) is 6.54 Å². The molecule has 3 aromatic rings. The van der Waals surface area contributed by atoms with Gasteiger partial charge in [-0.15, -0.1) is 0 Å². The summed E-state index contributed by atoms with van der Waals surface area (Å²) in [6.45, 7) is 2.80. The van der Waals surface area contributed by atoms with E-state index >= 15 is 0 Å². The van der Waals surface area contributed by atoms with Crippen LogP contribution in [0.5, 0.6) is 0 Å². The van der Waals surface area contributed by atoms with Crippen LogP contribution < -0.4 is 10.6 Å². The smallest absolute Gasteiger partial charge is 0.258 e. The predicted octanol–water partition coefficient (Wildman–Crippen LogP) is 3.18. The van der Waals surface area contributed by atoms with Crippen molar-refractivity contribution in [2.24, 2.45) is 0 Å². The second-order valence-corrected chi connectivity index (χ2v) is 8.41. The average Bonchev–Trinajstić information content (AvgIpc) is 3.29. The highest BCUT2D eigenvalue weighted by atomic mass is 19.1. The van der Waals surface area contributed by atoms with Crippen LogP contribution in [0.4, 0.5) is 4.39 Å². The van der Waals surface area contributed by atoms with E-state index in [-0.39, 0.29) is 5.56 Å². The van der Waals surface area contributed by atoms with E-state index < -0.39 is 11.7 Å². The van der Waals surface area contributed by atoms with Gasteiger partial charge in [-0.25, -0.2) is 9.37 Å². The molecule has 0 spiro atoms. The van der Waals surface area contributed by atoms with Gasteiger partial charge in [0.15, 0.2) is 0 Å². The number of halogens is 1. The lowest BCUT2D eigenvalue weighted by Gasteiger charge is -2.29. The number of carbonyl (C=O) groups excluding carboxylic acids is 1. The molecule has 2 N–H and O–H groups in total. The van der Waals surface area contributed by atoms with Crippen molar-refractivity contribution < 1.29 is 9.18 Å². The number of hydrogen-bond acceptors (Lipinski definition) is 5. The number of benzene rings is 1. The van der Waals surface area contributed by atoms with Gasteiger partial charge in [-0.2, -0.15) is 0 Å². The molecule has 8 heteroatoms. The quantitative estimate of drug-likeness (QED) is 0.662. The second-order valence-electron chi connectivity index (χ2n) is 8.41. The van der Waals surface area contributed by atoms with Crippen molar-refractivity contribution in [3.63, 3.8) is 0 Å². The molecule has 32 heavy (non-hydrogen) atoms. The van der Waals surface area contributed by atoms with Crippen molar-refractivity contribution in [1.82, 2.24) is 30.1 Å². The third-order valence-electron chi connectivity index (χ3n) is 6.14. The zero-order valence-corrected chi connectivity index (χ0v) is 17.9. The topological polar surface area (TPSA) is 75.1 Å². The molecular formula is C24H25FN6O. The van der Waals surface area contributed by atoms with E-state index in [0.717, 1.165) is 54.5 Å². The maximum Gasteiger partial charge on any atom is 0.258 e. The first kappa shape index (κ1) is 20.4. The van der Waals surface area contributed by atoms with E-state index in [1.807, 2.05) is 12.4 Å². The first-order valence-corrected chi connectivity index (χ1v) is 10.8. The summed E-state index contributed by atoms with van der Waals surface area (Å²) in [6, 6.07) is 7.91. The third kappa shape index (κ3) is 4.27. The monoisotopic (exact) mass is 432 g/mol. The highest BCUT2D eigenvalue weighted by molar-refractivity contribution is 5.95. The van der Waals surface area contributed by atoms with Crippen LogP contribution in [0, 0.1) is 5.82 Å². The number of piperidine rings is 1. The number of amides is 1. The molecule has 0 aliphatic carbocycles. The van der Waals surface area contributed by atoms with Crippen LogP contribution in [0.15, 0.2) is 55.0 Å². The van der Waals surface area contributed by atoms with Crippen LogP contribution in [-0.4, -0.2) is 45.5 Å². The Kier molecular flexibility index (Phi) is 5.45. The summed E-state index contributed by atoms with van der Waals surface area (Å²) in [5, 5.41) is 5.99. The summed E-state index contributed by atoms with van der Waals surface area (Å²) in [7, 11) is 2.16. The number of carbonyl (C=O) groups is 1. The number of pyridine rings is 1. The summed E-state index contributed by atoms with van der Waals surface area (Å²) < 4.78 is 15.6. The molecule has 0 bridgehead atoms. The number of rotatable bonds is 4. The van der Waals surface area contributed by atoms with Crippen LogP contribution in [0.3, 0.4) is 0 Å². The molecule has 1 aromatic carbocycles. The number of fused-ring (bicyclic) bond motifs is 1. The molecule has 2 aliphatic rings. The minimum absolute atomic E-state index is 0.173. The van der Waals surface area contributed by atoms with Crippen molar-refractivity contribution >= 4 is 12.0 Å². The van der Waals surface area contributed by atoms with E-state index in [0.29, 0.717) is 18.4 Å². The summed E-state index contributed by atoms with van der Waals surface area (Å²) in [4.78, 5) is 23.2. The maximum absolute atomic E-state index is 13.4. The Morgan fingerprint density at radius 2 is 2.06 bits per heavy atom. The van der Waals surface area contributed by atoms with Gasteiger partial charge < -0.3 is 20.1 Å². The Balaban J connectivity index is 1.34. The zero-order valence-electron chi connectivity index (χ0n) is 17.9. The zero-order chi connectivity index (χ0) is 22.1. The maximum atomic E-state index is 13.4. The second kappa shape index (κ2) is 8.55. The lowest BCUT2D eigenvalue weighted by Crippen LogP contribution is -2.33. The first-order valence-electron chi connectivity index (χ1n) is 10.8. The van der Waals surface area contributed by atoms with E-state index in [2.05, 4.69) is 61.5 Å². The minimum atomic E-state index is -0.544. The average molecular weight is 433 g/mol. The van der Waals surface area contributed by atoms with Gasteiger partial charge in [0.2, 0.25) is 0 Å². The fourth-order valence-corrected chi connectivity index (χ4v) is 4.24. The molecule has 164 valence electrons. The lowest BCUT2D eigenvalue weighted by molar-refractivity contribution is 0.0962. The summed E-state index contributed by atoms with van der Waals surface area (Å²) in [5.41, 5.74) is 4.30. The van der Waals surface area contributed by atoms with Crippen molar-refractivity contribution in [2.75, 3.05) is 20.1 Å². The van der Waals surface area contributed by atoms with Gasteiger partial charge >= 0.3 is 0 Å². The van der Waals surface area contributed by atoms with E-state index in [1.54, 1.807) is 0 Å². The van der Waals surface area contributed by atoms with E-state index in [1.165, 1.54) is 12.3 Å². The van der Waals surface area contributed by atoms with Gasteiger partial charge in [-0.1, -0.05) is 12.1 Å². The fraction of sp³-hybridized carbons (Fsp3) is 0.292. The van der Waals surface area contributed by atoms with Gasteiger partial charge in [0.1, 0.15) is 11.6 Å². The van der Waals surface area contributed by atoms with Crippen LogP contribution >= 0.6 is 0 Å². The molecule has 0 radical (unpaired) electrons. The first-order chi connectivity index (χ1) is 15.5. The molecule has 0 unspecified atom stereocenters. The fourth-order valence-electron chi connectivity index (χ4n) is 4.24. The third-order valence-corrected chi connectivity index (χ3v) is 6.14. The predicted molar refractivity (Wildman–Crippen MR) is 120 cm³/mol. The highest BCUT2D eigenvalue weighted by Gasteiger charge is 2.19. The van der Waals surface area contributed by atoms with Crippen molar-refractivity contribution in [3.05, 3.63) is 77.5 Å². The van der Waals surface area contributed by atoms with Gasteiger partial charge in [0.25, 0.3) is 5.91 Å². The number of aromatic nitrogens is 3. The molecule has 5 rings (SSSR count). The van der Waals surface area contributed by atoms with Crippen molar-refractivity contribution in [3.8, 4) is 11.3 Å². The van der Waals surface area contributed by atoms with Gasteiger partial charge in [0.05, 0.1) is 23.8 Å². The minimum Gasteiger partial charge on any atom is -0.367 e. The van der Waals surface area contributed by atoms with E-state index in [4.69, 9.17) is 0 Å². The standard InChI is InChI=1S/C24H25FN6O/c1-30-6-4-21(5-7-30)31-14-22(28-15-31)16-2-3-17-12-27-23(10-18(17)8-16)29-24(32)19-9-20(25)13-26-11-19/h2-3,8-11,13-15,21,27H,4-7,12H2,1H3,(H,29,32). The molecule has 4 heterocycles. The molecule has 1 amide bonds. The van der Waals surface area contributed by atoms with Crippen molar-refractivity contribution in [2.45, 2.75) is 25.4 Å². The molecule has 0 atom stereocenters. The summed E-state index contributed by atoms with van der Waals surface area (Å²) >= 11 is 0. The van der Waals surface area contributed by atoms with Gasteiger partial charge in [-0.3, -0.25) is 9.78 Å². The number of nitrogens with zero attached hydrogens (tertiary/aromatic N) is 4. The Labute approximate surface area is 186 Å². The molecule has 2 aromatic heterocycles. The number of nitrogens with one attached hydrogen (secondary N) is 2. The Hall–Kier alpha value is -3.52. The van der Waals surface area contributed by atoms with Crippen LogP contribution in [0.1, 0.15) is 40.4 Å². The molecule has 2 aliphatic heterocycles. The van der Waals surface area contributed by atoms with E-state index in [9.17, 15) is 9.18 Å². The highest BCUT2D eigenvalue weighted by Crippen LogP contribution is 2.27. The SMILES string of the molecule is CN1CCC(n2cnc(-c3ccc4c(c3)C=C(NC(=O)c3cncc(F)c3)NC4)c2)CC1. The summed E-state index contributed by atoms with van der Waals surface area (Å²) in [5.74, 6) is -0.383. The largest absolute Gasteiger partial charge is 0.367 e. The number of imidazole rings is 1. The molecule has 1 fully saturated rings. The molecular weight excluding hydrogens is 407 g/mol.